The van der Waals surface area contributed by atoms with Crippen LogP contribution in [0.15, 0.2) is 18.2 Å². The molecule has 2 aliphatic rings. The molecule has 3 rings (SSSR count). The first-order valence-electron chi connectivity index (χ1n) is 7.08. The molecule has 18 heavy (non-hydrogen) atoms. The summed E-state index contributed by atoms with van der Waals surface area (Å²) in [6.07, 6.45) is 5.31. The Balaban J connectivity index is 1.65. The summed E-state index contributed by atoms with van der Waals surface area (Å²) in [5, 5.41) is 3.67. The topological polar surface area (TPSA) is 41.3 Å². The Bertz CT molecular complexity index is 409. The fourth-order valence-corrected chi connectivity index (χ4v) is 3.49. The predicted octanol–water partition coefficient (Wildman–Crippen LogP) is 2.62. The normalized spacial score (nSPS) is 28.1. The SMILES string of the molecule is Cc1cc(N)cc(NC2CCN3CCCC3C2)c1. The van der Waals surface area contributed by atoms with Crippen LogP contribution < -0.4 is 11.1 Å². The summed E-state index contributed by atoms with van der Waals surface area (Å²) in [7, 11) is 0. The molecule has 3 N–H and O–H groups in total. The van der Waals surface area contributed by atoms with Gasteiger partial charge in [0.15, 0.2) is 0 Å². The van der Waals surface area contributed by atoms with E-state index in [1.165, 1.54) is 50.0 Å². The maximum absolute atomic E-state index is 5.90. The van der Waals surface area contributed by atoms with Crippen molar-refractivity contribution >= 4 is 11.4 Å². The highest BCUT2D eigenvalue weighted by molar-refractivity contribution is 5.57. The summed E-state index contributed by atoms with van der Waals surface area (Å²) >= 11 is 0. The van der Waals surface area contributed by atoms with E-state index in [-0.39, 0.29) is 0 Å². The highest BCUT2D eigenvalue weighted by atomic mass is 15.2. The second kappa shape index (κ2) is 4.81. The van der Waals surface area contributed by atoms with Gasteiger partial charge in [-0.2, -0.15) is 0 Å². The number of fused-ring (bicyclic) bond motifs is 1. The maximum Gasteiger partial charge on any atom is 0.0365 e. The molecule has 3 nitrogen and oxygen atoms in total. The summed E-state index contributed by atoms with van der Waals surface area (Å²) in [4.78, 5) is 2.66. The Morgan fingerprint density at radius 3 is 2.94 bits per heavy atom. The van der Waals surface area contributed by atoms with Gasteiger partial charge in [0, 0.05) is 30.0 Å². The van der Waals surface area contributed by atoms with Crippen LogP contribution >= 0.6 is 0 Å². The molecule has 1 aromatic rings. The lowest BCUT2D eigenvalue weighted by atomic mass is 9.97. The van der Waals surface area contributed by atoms with E-state index in [2.05, 4.69) is 23.2 Å². The average molecular weight is 245 g/mol. The van der Waals surface area contributed by atoms with Crippen LogP contribution in [0.5, 0.6) is 0 Å². The number of hydrogen-bond donors (Lipinski definition) is 2. The number of nitrogens with zero attached hydrogens (tertiary/aromatic N) is 1. The zero-order valence-electron chi connectivity index (χ0n) is 11.2. The third-order valence-corrected chi connectivity index (χ3v) is 4.29. The molecule has 2 fully saturated rings. The van der Waals surface area contributed by atoms with Crippen molar-refractivity contribution in [2.75, 3.05) is 24.1 Å². The molecular weight excluding hydrogens is 222 g/mol. The van der Waals surface area contributed by atoms with Gasteiger partial charge >= 0.3 is 0 Å². The number of hydrogen-bond acceptors (Lipinski definition) is 3. The van der Waals surface area contributed by atoms with Crippen LogP contribution in [-0.2, 0) is 0 Å². The number of aryl methyl sites for hydroxylation is 1. The summed E-state index contributed by atoms with van der Waals surface area (Å²) in [6.45, 7) is 4.67. The number of nitrogen functional groups attached to an aromatic ring is 1. The van der Waals surface area contributed by atoms with Gasteiger partial charge in [0.25, 0.3) is 0 Å². The van der Waals surface area contributed by atoms with E-state index in [9.17, 15) is 0 Å². The highest BCUT2D eigenvalue weighted by Gasteiger charge is 2.31. The quantitative estimate of drug-likeness (QED) is 0.787. The van der Waals surface area contributed by atoms with Crippen LogP contribution in [0.3, 0.4) is 0 Å². The molecular formula is C15H23N3. The van der Waals surface area contributed by atoms with Gasteiger partial charge in [0.2, 0.25) is 0 Å². The van der Waals surface area contributed by atoms with E-state index in [1.54, 1.807) is 0 Å². The number of nitrogens with two attached hydrogens (primary N) is 1. The molecule has 3 heteroatoms. The van der Waals surface area contributed by atoms with Crippen molar-refractivity contribution < 1.29 is 0 Å². The molecule has 0 amide bonds. The van der Waals surface area contributed by atoms with Crippen molar-refractivity contribution in [2.24, 2.45) is 0 Å². The molecule has 2 unspecified atom stereocenters. The third-order valence-electron chi connectivity index (χ3n) is 4.29. The van der Waals surface area contributed by atoms with E-state index in [0.29, 0.717) is 6.04 Å². The van der Waals surface area contributed by atoms with Crippen molar-refractivity contribution in [3.05, 3.63) is 23.8 Å². The molecule has 0 aromatic heterocycles. The van der Waals surface area contributed by atoms with Crippen molar-refractivity contribution in [3.63, 3.8) is 0 Å². The van der Waals surface area contributed by atoms with Crippen molar-refractivity contribution in [1.29, 1.82) is 0 Å². The smallest absolute Gasteiger partial charge is 0.0365 e. The Hall–Kier alpha value is -1.22. The molecule has 2 aliphatic heterocycles. The van der Waals surface area contributed by atoms with Gasteiger partial charge in [-0.25, -0.2) is 0 Å². The van der Waals surface area contributed by atoms with E-state index >= 15 is 0 Å². The molecule has 0 bridgehead atoms. The minimum Gasteiger partial charge on any atom is -0.399 e. The van der Waals surface area contributed by atoms with E-state index in [0.717, 1.165) is 11.7 Å². The monoisotopic (exact) mass is 245 g/mol. The average Bonchev–Trinajstić information content (AvgIpc) is 2.74. The molecule has 2 heterocycles. The summed E-state index contributed by atoms with van der Waals surface area (Å²) < 4.78 is 0. The van der Waals surface area contributed by atoms with Crippen molar-refractivity contribution in [2.45, 2.75) is 44.7 Å². The van der Waals surface area contributed by atoms with Crippen LogP contribution in [0, 0.1) is 6.92 Å². The minimum atomic E-state index is 0.616. The van der Waals surface area contributed by atoms with Gasteiger partial charge in [0.05, 0.1) is 0 Å². The summed E-state index contributed by atoms with van der Waals surface area (Å²) in [5.74, 6) is 0. The Labute approximate surface area is 109 Å². The third kappa shape index (κ3) is 2.46. The van der Waals surface area contributed by atoms with Crippen LogP contribution in [0.2, 0.25) is 0 Å². The number of benzene rings is 1. The molecule has 2 saturated heterocycles. The van der Waals surface area contributed by atoms with Gasteiger partial charge in [-0.05, 0) is 62.9 Å². The summed E-state index contributed by atoms with van der Waals surface area (Å²) in [6, 6.07) is 7.69. The number of rotatable bonds is 2. The van der Waals surface area contributed by atoms with Gasteiger partial charge in [-0.3, -0.25) is 0 Å². The zero-order valence-corrected chi connectivity index (χ0v) is 11.2. The molecule has 1 aromatic carbocycles. The van der Waals surface area contributed by atoms with E-state index in [1.807, 2.05) is 12.1 Å². The maximum atomic E-state index is 5.90. The Kier molecular flexibility index (Phi) is 3.16. The van der Waals surface area contributed by atoms with Gasteiger partial charge in [0.1, 0.15) is 0 Å². The Morgan fingerprint density at radius 1 is 1.22 bits per heavy atom. The minimum absolute atomic E-state index is 0.616. The first-order valence-corrected chi connectivity index (χ1v) is 7.08. The van der Waals surface area contributed by atoms with Gasteiger partial charge in [-0.15, -0.1) is 0 Å². The molecule has 0 radical (unpaired) electrons. The van der Waals surface area contributed by atoms with Crippen LogP contribution in [-0.4, -0.2) is 30.1 Å². The summed E-state index contributed by atoms with van der Waals surface area (Å²) in [5.41, 5.74) is 9.18. The van der Waals surface area contributed by atoms with Crippen LogP contribution in [0.4, 0.5) is 11.4 Å². The first-order chi connectivity index (χ1) is 8.70. The lowest BCUT2D eigenvalue weighted by molar-refractivity contribution is 0.188. The molecule has 0 spiro atoms. The van der Waals surface area contributed by atoms with Crippen molar-refractivity contribution in [1.82, 2.24) is 4.90 Å². The largest absolute Gasteiger partial charge is 0.399 e. The second-order valence-corrected chi connectivity index (χ2v) is 5.83. The van der Waals surface area contributed by atoms with Crippen LogP contribution in [0.25, 0.3) is 0 Å². The number of piperidine rings is 1. The number of anilines is 2. The van der Waals surface area contributed by atoms with Gasteiger partial charge < -0.3 is 16.0 Å². The lowest BCUT2D eigenvalue weighted by Crippen LogP contribution is -2.42. The molecule has 0 saturated carbocycles. The predicted molar refractivity (Wildman–Crippen MR) is 76.8 cm³/mol. The highest BCUT2D eigenvalue weighted by Crippen LogP contribution is 2.29. The molecule has 2 atom stereocenters. The van der Waals surface area contributed by atoms with Gasteiger partial charge in [-0.1, -0.05) is 0 Å². The van der Waals surface area contributed by atoms with E-state index < -0.39 is 0 Å². The number of nitrogens with one attached hydrogen (secondary N) is 1. The molecule has 0 aliphatic carbocycles. The second-order valence-electron chi connectivity index (χ2n) is 5.83. The first kappa shape index (κ1) is 11.8. The van der Waals surface area contributed by atoms with E-state index in [4.69, 9.17) is 5.73 Å². The lowest BCUT2D eigenvalue weighted by Gasteiger charge is -2.35. The standard InChI is InChI=1S/C15H23N3/c1-11-7-12(16)9-14(8-11)17-13-4-6-18-5-2-3-15(18)10-13/h7-9,13,15,17H,2-6,10,16H2,1H3. The zero-order chi connectivity index (χ0) is 12.5. The van der Waals surface area contributed by atoms with Crippen molar-refractivity contribution in [3.8, 4) is 0 Å². The van der Waals surface area contributed by atoms with Crippen LogP contribution in [0.1, 0.15) is 31.2 Å². The molecule has 98 valence electrons. The fraction of sp³-hybridized carbons (Fsp3) is 0.600. The fourth-order valence-electron chi connectivity index (χ4n) is 3.49. The Morgan fingerprint density at radius 2 is 2.11 bits per heavy atom.